The Hall–Kier alpha value is -3.94. The maximum absolute atomic E-state index is 9.30. The number of benzene rings is 6. The van der Waals surface area contributed by atoms with Gasteiger partial charge in [0.2, 0.25) is 0 Å². The summed E-state index contributed by atoms with van der Waals surface area (Å²) in [5.41, 5.74) is 4.06. The number of rotatable bonds is 15. The molecule has 2 unspecified atom stereocenters. The zero-order valence-corrected chi connectivity index (χ0v) is 51.0. The average molecular weight is 1390 g/mol. The molecular formula is C57H64Br6O10. The fourth-order valence-corrected chi connectivity index (χ4v) is 8.47. The molecule has 0 bridgehead atoms. The normalized spacial score (nSPS) is 13.1. The number of aromatic hydroxyl groups is 2. The van der Waals surface area contributed by atoms with Gasteiger partial charge in [0.15, 0.2) is 5.79 Å². The summed E-state index contributed by atoms with van der Waals surface area (Å²) in [7, 11) is 4.94. The summed E-state index contributed by atoms with van der Waals surface area (Å²) in [5.74, 6) is 3.55. The standard InChI is InChI=1S/C13H17BrO3.C10H13BrO3.C10H11BrO.2C9H9BrO.C6H5BrO/c1-13(2)16-8-11(17-13)7-9-6-10(14)4-5-12(9)15-3;1-14-10-3-2-8(11)4-7(10)5-9(13)6-12;1-3-4-8-7-9(11)5-6-10(8)12-2;1-2-7-11-9-5-3-8(10)4-6-9;1-2-3-7-6-8(10)4-5-9(7)11;7-5-1-3-6(8)4-2-5/h4-6,11H,7-8H2,1-3H3;2-4,9,12-13H,5-6H2,1H3;3,5-7H,1,4H2,2H3;2-6H,1,7H2;2,4-6,11H,1,3H2;1-4,8H. The van der Waals surface area contributed by atoms with Gasteiger partial charge in [0.25, 0.3) is 0 Å². The van der Waals surface area contributed by atoms with Crippen LogP contribution in [0.25, 0.3) is 0 Å². The van der Waals surface area contributed by atoms with Crippen molar-refractivity contribution >= 4 is 95.6 Å². The number of aliphatic hydroxyl groups is 2. The maximum atomic E-state index is 9.30. The Morgan fingerprint density at radius 1 is 0.589 bits per heavy atom. The van der Waals surface area contributed by atoms with E-state index in [2.05, 4.69) is 121 Å². The van der Waals surface area contributed by atoms with Crippen LogP contribution in [0.3, 0.4) is 0 Å². The molecule has 0 spiro atoms. The van der Waals surface area contributed by atoms with Crippen LogP contribution >= 0.6 is 95.6 Å². The van der Waals surface area contributed by atoms with Crippen molar-refractivity contribution in [2.45, 2.75) is 57.5 Å². The van der Waals surface area contributed by atoms with Gasteiger partial charge in [0.05, 0.1) is 46.8 Å². The third-order valence-electron chi connectivity index (χ3n) is 9.69. The van der Waals surface area contributed by atoms with Crippen LogP contribution in [0.2, 0.25) is 0 Å². The van der Waals surface area contributed by atoms with E-state index in [9.17, 15) is 10.2 Å². The van der Waals surface area contributed by atoms with Crippen LogP contribution in [0, 0.1) is 0 Å². The van der Waals surface area contributed by atoms with E-state index in [-0.39, 0.29) is 12.7 Å². The summed E-state index contributed by atoms with van der Waals surface area (Å²) in [4.78, 5) is 0. The van der Waals surface area contributed by atoms with Crippen molar-refractivity contribution in [1.29, 1.82) is 0 Å². The van der Waals surface area contributed by atoms with Gasteiger partial charge in [0, 0.05) is 39.7 Å². The zero-order valence-electron chi connectivity index (χ0n) is 41.5. The van der Waals surface area contributed by atoms with E-state index in [1.165, 1.54) is 0 Å². The number of hydrogen-bond acceptors (Lipinski definition) is 10. The van der Waals surface area contributed by atoms with Crippen molar-refractivity contribution in [3.63, 3.8) is 0 Å². The molecule has 1 aliphatic rings. The largest absolute Gasteiger partial charge is 0.508 e. The zero-order chi connectivity index (χ0) is 54.3. The summed E-state index contributed by atoms with van der Waals surface area (Å²) in [6, 6.07) is 37.4. The second-order valence-corrected chi connectivity index (χ2v) is 21.3. The van der Waals surface area contributed by atoms with Crippen LogP contribution in [0.5, 0.6) is 34.5 Å². The molecule has 1 saturated heterocycles. The molecule has 2 atom stereocenters. The highest BCUT2D eigenvalue weighted by molar-refractivity contribution is 9.11. The Morgan fingerprint density at radius 3 is 1.47 bits per heavy atom. The van der Waals surface area contributed by atoms with E-state index >= 15 is 0 Å². The summed E-state index contributed by atoms with van der Waals surface area (Å²) < 4.78 is 38.4. The minimum absolute atomic E-state index is 0.0909. The Morgan fingerprint density at radius 2 is 1.01 bits per heavy atom. The highest BCUT2D eigenvalue weighted by Crippen LogP contribution is 2.30. The molecule has 73 heavy (non-hydrogen) atoms. The molecule has 1 heterocycles. The van der Waals surface area contributed by atoms with Crippen LogP contribution in [0.1, 0.15) is 36.1 Å². The van der Waals surface area contributed by atoms with Crippen LogP contribution < -0.4 is 18.9 Å². The van der Waals surface area contributed by atoms with Gasteiger partial charge in [-0.3, -0.25) is 0 Å². The Kier molecular flexibility index (Phi) is 32.2. The number of phenolic OH excluding ortho intramolecular Hbond substituents is 2. The summed E-state index contributed by atoms with van der Waals surface area (Å²) in [5, 5.41) is 36.1. The van der Waals surface area contributed by atoms with Crippen molar-refractivity contribution in [2.24, 2.45) is 0 Å². The van der Waals surface area contributed by atoms with E-state index in [0.29, 0.717) is 37.6 Å². The minimum atomic E-state index is -0.738. The molecule has 0 saturated carbocycles. The molecule has 10 nitrogen and oxygen atoms in total. The first-order valence-corrected chi connectivity index (χ1v) is 27.3. The van der Waals surface area contributed by atoms with E-state index in [4.69, 9.17) is 38.6 Å². The van der Waals surface area contributed by atoms with Crippen molar-refractivity contribution in [3.8, 4) is 34.5 Å². The van der Waals surface area contributed by atoms with Gasteiger partial charge in [-0.05, 0) is 170 Å². The minimum Gasteiger partial charge on any atom is -0.508 e. The Balaban J connectivity index is 0.000000304. The van der Waals surface area contributed by atoms with E-state index in [1.807, 2.05) is 105 Å². The van der Waals surface area contributed by atoms with Crippen molar-refractivity contribution < 1.29 is 48.8 Å². The number of ether oxygens (including phenoxy) is 6. The first kappa shape index (κ1) is 65.2. The van der Waals surface area contributed by atoms with Gasteiger partial charge in [0.1, 0.15) is 41.1 Å². The monoisotopic (exact) mass is 1380 g/mol. The van der Waals surface area contributed by atoms with Crippen LogP contribution in [-0.4, -0.2) is 79.6 Å². The first-order valence-electron chi connectivity index (χ1n) is 22.5. The van der Waals surface area contributed by atoms with Crippen molar-refractivity contribution in [3.05, 3.63) is 208 Å². The quantitative estimate of drug-likeness (QED) is 0.0736. The summed E-state index contributed by atoms with van der Waals surface area (Å²) in [6.07, 6.45) is 7.43. The molecule has 0 amide bonds. The molecule has 16 heteroatoms. The molecule has 0 aliphatic carbocycles. The van der Waals surface area contributed by atoms with Crippen molar-refractivity contribution in [1.82, 2.24) is 0 Å². The Bertz CT molecular complexity index is 2540. The number of methoxy groups -OCH3 is 3. The number of allylic oxidation sites excluding steroid dienone is 2. The molecular weight excluding hydrogens is 1320 g/mol. The second-order valence-electron chi connectivity index (χ2n) is 15.9. The molecule has 0 radical (unpaired) electrons. The lowest BCUT2D eigenvalue weighted by Gasteiger charge is -2.17. The van der Waals surface area contributed by atoms with Gasteiger partial charge < -0.3 is 48.8 Å². The number of phenols is 2. The van der Waals surface area contributed by atoms with Gasteiger partial charge in [-0.25, -0.2) is 0 Å². The Labute approximate surface area is 481 Å². The molecule has 6 aromatic rings. The predicted molar refractivity (Wildman–Crippen MR) is 317 cm³/mol. The summed E-state index contributed by atoms with van der Waals surface area (Å²) in [6.45, 7) is 15.7. The molecule has 7 rings (SSSR count). The number of hydrogen-bond donors (Lipinski definition) is 4. The van der Waals surface area contributed by atoms with Crippen molar-refractivity contribution in [2.75, 3.05) is 41.2 Å². The highest BCUT2D eigenvalue weighted by atomic mass is 79.9. The molecule has 4 N–H and O–H groups in total. The van der Waals surface area contributed by atoms with Gasteiger partial charge in [-0.1, -0.05) is 120 Å². The van der Waals surface area contributed by atoms with Gasteiger partial charge >= 0.3 is 0 Å². The fraction of sp³-hybridized carbons (Fsp3) is 0.263. The van der Waals surface area contributed by atoms with Crippen LogP contribution in [-0.2, 0) is 35.2 Å². The van der Waals surface area contributed by atoms with Gasteiger partial charge in [-0.15, -0.1) is 13.2 Å². The van der Waals surface area contributed by atoms with Crippen LogP contribution in [0.4, 0.5) is 0 Å². The third-order valence-corrected chi connectivity index (χ3v) is 12.7. The topological polar surface area (TPSA) is 136 Å². The van der Waals surface area contributed by atoms with E-state index in [0.717, 1.165) is 84.9 Å². The number of aliphatic hydroxyl groups excluding tert-OH is 2. The number of halogens is 6. The lowest BCUT2D eigenvalue weighted by molar-refractivity contribution is -0.138. The highest BCUT2D eigenvalue weighted by Gasteiger charge is 2.33. The van der Waals surface area contributed by atoms with Crippen LogP contribution in [0.15, 0.2) is 186 Å². The first-order chi connectivity index (χ1) is 34.8. The third kappa shape index (κ3) is 26.9. The molecule has 1 fully saturated rings. The maximum Gasteiger partial charge on any atom is 0.163 e. The lowest BCUT2D eigenvalue weighted by atomic mass is 10.1. The second kappa shape index (κ2) is 36.1. The smallest absolute Gasteiger partial charge is 0.163 e. The molecule has 6 aromatic carbocycles. The lowest BCUT2D eigenvalue weighted by Crippen LogP contribution is -2.22. The van der Waals surface area contributed by atoms with E-state index < -0.39 is 11.9 Å². The molecule has 1 aliphatic heterocycles. The predicted octanol–water partition coefficient (Wildman–Crippen LogP) is 15.7. The van der Waals surface area contributed by atoms with Gasteiger partial charge in [-0.2, -0.15) is 0 Å². The average Bonchev–Trinajstić information content (AvgIpc) is 3.72. The molecule has 0 aromatic heterocycles. The van der Waals surface area contributed by atoms with E-state index in [1.54, 1.807) is 63.8 Å². The molecule has 394 valence electrons. The summed E-state index contributed by atoms with van der Waals surface area (Å²) >= 11 is 20.1. The fourth-order valence-electron chi connectivity index (χ4n) is 6.30. The SMILES string of the molecule is C=CCOc1ccc(Br)cc1.C=CCc1cc(Br)ccc1O.C=CCc1cc(Br)ccc1OC.COc1ccc(Br)cc1CC(O)CO.COc1ccc(Br)cc1CC1COC(C)(C)O1.Oc1ccc(Br)cc1.